The first kappa shape index (κ1) is 19.0. The van der Waals surface area contributed by atoms with Gasteiger partial charge in [0, 0.05) is 6.20 Å². The van der Waals surface area contributed by atoms with Crippen molar-refractivity contribution >= 4 is 29.4 Å². The SMILES string of the molecule is CCOC(=O)c1ccn2c(C(=O)OC)c(C(=O)OC)c(C(=O)OC)c2c1. The average Bonchev–Trinajstić information content (AvgIpc) is 3.00. The van der Waals surface area contributed by atoms with Crippen molar-refractivity contribution < 1.29 is 38.1 Å². The molecule has 9 nitrogen and oxygen atoms in total. The topological polar surface area (TPSA) is 110 Å². The van der Waals surface area contributed by atoms with Crippen LogP contribution in [0.2, 0.25) is 0 Å². The van der Waals surface area contributed by atoms with Gasteiger partial charge in [-0.05, 0) is 19.1 Å². The summed E-state index contributed by atoms with van der Waals surface area (Å²) in [5.74, 6) is -3.28. The number of carbonyl (C=O) groups is 4. The Morgan fingerprint density at radius 1 is 0.885 bits per heavy atom. The van der Waals surface area contributed by atoms with E-state index < -0.39 is 23.9 Å². The number of rotatable bonds is 5. The molecule has 26 heavy (non-hydrogen) atoms. The third-order valence-corrected chi connectivity index (χ3v) is 3.61. The number of pyridine rings is 1. The van der Waals surface area contributed by atoms with Gasteiger partial charge in [0.1, 0.15) is 16.8 Å². The van der Waals surface area contributed by atoms with Gasteiger partial charge in [-0.3, -0.25) is 0 Å². The number of ether oxygens (including phenoxy) is 4. The van der Waals surface area contributed by atoms with Crippen LogP contribution in [0.4, 0.5) is 0 Å². The van der Waals surface area contributed by atoms with Gasteiger partial charge in [0.2, 0.25) is 0 Å². The number of methoxy groups -OCH3 is 3. The van der Waals surface area contributed by atoms with E-state index in [0.29, 0.717) is 0 Å². The van der Waals surface area contributed by atoms with E-state index in [1.54, 1.807) is 6.92 Å². The average molecular weight is 363 g/mol. The van der Waals surface area contributed by atoms with Gasteiger partial charge < -0.3 is 23.3 Å². The molecule has 0 aromatic carbocycles. The van der Waals surface area contributed by atoms with Crippen molar-refractivity contribution in [3.63, 3.8) is 0 Å². The Morgan fingerprint density at radius 3 is 2.00 bits per heavy atom. The minimum Gasteiger partial charge on any atom is -0.465 e. The lowest BCUT2D eigenvalue weighted by molar-refractivity contribution is 0.0524. The van der Waals surface area contributed by atoms with Crippen molar-refractivity contribution in [2.75, 3.05) is 27.9 Å². The fourth-order valence-electron chi connectivity index (χ4n) is 2.50. The maximum absolute atomic E-state index is 12.3. The van der Waals surface area contributed by atoms with Crippen molar-refractivity contribution in [1.29, 1.82) is 0 Å². The molecule has 0 atom stereocenters. The lowest BCUT2D eigenvalue weighted by Gasteiger charge is -2.05. The van der Waals surface area contributed by atoms with Crippen LogP contribution < -0.4 is 0 Å². The van der Waals surface area contributed by atoms with Crippen LogP contribution in [0.15, 0.2) is 18.3 Å². The molecule has 0 radical (unpaired) electrons. The van der Waals surface area contributed by atoms with E-state index >= 15 is 0 Å². The van der Waals surface area contributed by atoms with Crippen LogP contribution >= 0.6 is 0 Å². The fourth-order valence-corrected chi connectivity index (χ4v) is 2.50. The molecule has 2 rings (SSSR count). The van der Waals surface area contributed by atoms with E-state index in [-0.39, 0.29) is 34.5 Å². The van der Waals surface area contributed by atoms with Gasteiger partial charge in [-0.25, -0.2) is 19.2 Å². The molecular formula is C17H17NO8. The highest BCUT2D eigenvalue weighted by Crippen LogP contribution is 2.27. The Balaban J connectivity index is 2.91. The second-order valence-corrected chi connectivity index (χ2v) is 4.96. The van der Waals surface area contributed by atoms with Gasteiger partial charge in [0.15, 0.2) is 0 Å². The number of nitrogens with zero attached hydrogens (tertiary/aromatic N) is 1. The van der Waals surface area contributed by atoms with Gasteiger partial charge in [-0.2, -0.15) is 0 Å². The van der Waals surface area contributed by atoms with Gasteiger partial charge in [-0.1, -0.05) is 0 Å². The number of hydrogen-bond acceptors (Lipinski definition) is 8. The zero-order valence-electron chi connectivity index (χ0n) is 14.7. The number of fused-ring (bicyclic) bond motifs is 1. The molecule has 0 spiro atoms. The Morgan fingerprint density at radius 2 is 1.46 bits per heavy atom. The van der Waals surface area contributed by atoms with Crippen molar-refractivity contribution in [2.24, 2.45) is 0 Å². The Kier molecular flexibility index (Phi) is 5.61. The van der Waals surface area contributed by atoms with Crippen LogP contribution in [0.3, 0.4) is 0 Å². The molecule has 0 unspecified atom stereocenters. The summed E-state index contributed by atoms with van der Waals surface area (Å²) < 4.78 is 20.3. The van der Waals surface area contributed by atoms with Crippen LogP contribution in [0.1, 0.15) is 48.5 Å². The number of esters is 4. The van der Waals surface area contributed by atoms with Crippen LogP contribution in [0.5, 0.6) is 0 Å². The minimum atomic E-state index is -0.924. The third kappa shape index (κ3) is 3.10. The fraction of sp³-hybridized carbons (Fsp3) is 0.294. The standard InChI is InChI=1S/C17H17NO8/c1-5-26-14(19)9-6-7-18-10(8-9)11(15(20)23-2)12(16(21)24-3)13(18)17(22)25-4/h6-8H,5H2,1-4H3. The quantitative estimate of drug-likeness (QED) is 0.580. The maximum Gasteiger partial charge on any atom is 0.355 e. The molecule has 2 heterocycles. The molecule has 0 aliphatic rings. The first-order valence-corrected chi connectivity index (χ1v) is 7.51. The summed E-state index contributed by atoms with van der Waals surface area (Å²) in [6.45, 7) is 1.81. The smallest absolute Gasteiger partial charge is 0.355 e. The molecule has 9 heteroatoms. The number of aromatic nitrogens is 1. The van der Waals surface area contributed by atoms with Crippen LogP contribution in [-0.4, -0.2) is 56.2 Å². The van der Waals surface area contributed by atoms with Crippen molar-refractivity contribution in [3.05, 3.63) is 40.7 Å². The summed E-state index contributed by atoms with van der Waals surface area (Å²) in [6.07, 6.45) is 1.35. The Labute approximate surface area is 148 Å². The molecule has 0 fully saturated rings. The summed E-state index contributed by atoms with van der Waals surface area (Å²) in [5, 5.41) is 0. The molecule has 0 amide bonds. The summed E-state index contributed by atoms with van der Waals surface area (Å²) in [5.41, 5.74) is -0.513. The van der Waals surface area contributed by atoms with Gasteiger partial charge in [0.25, 0.3) is 0 Å². The molecule has 0 saturated heterocycles. The third-order valence-electron chi connectivity index (χ3n) is 3.61. The van der Waals surface area contributed by atoms with Crippen molar-refractivity contribution in [2.45, 2.75) is 6.92 Å². The highest BCUT2D eigenvalue weighted by Gasteiger charge is 2.33. The molecule has 0 aliphatic carbocycles. The zero-order valence-corrected chi connectivity index (χ0v) is 14.7. The van der Waals surface area contributed by atoms with E-state index in [0.717, 1.165) is 21.3 Å². The normalized spacial score (nSPS) is 10.3. The predicted octanol–water partition coefficient (Wildman–Crippen LogP) is 1.48. The molecule has 0 N–H and O–H groups in total. The number of hydrogen-bond donors (Lipinski definition) is 0. The lowest BCUT2D eigenvalue weighted by atomic mass is 10.1. The highest BCUT2D eigenvalue weighted by molar-refractivity contribution is 6.15. The van der Waals surface area contributed by atoms with E-state index in [4.69, 9.17) is 18.9 Å². The molecule has 0 bridgehead atoms. The second-order valence-electron chi connectivity index (χ2n) is 4.96. The highest BCUT2D eigenvalue weighted by atomic mass is 16.5. The maximum atomic E-state index is 12.3. The summed E-state index contributed by atoms with van der Waals surface area (Å²) >= 11 is 0. The molecule has 0 aliphatic heterocycles. The van der Waals surface area contributed by atoms with Gasteiger partial charge in [-0.15, -0.1) is 0 Å². The van der Waals surface area contributed by atoms with Crippen LogP contribution in [-0.2, 0) is 18.9 Å². The van der Waals surface area contributed by atoms with Gasteiger partial charge in [0.05, 0.1) is 39.0 Å². The van der Waals surface area contributed by atoms with E-state index in [1.165, 1.54) is 22.7 Å². The summed E-state index contributed by atoms with van der Waals surface area (Å²) in [7, 11) is 3.37. The Bertz CT molecular complexity index is 896. The minimum absolute atomic E-state index is 0.100. The summed E-state index contributed by atoms with van der Waals surface area (Å²) in [6, 6.07) is 2.71. The molecule has 0 saturated carbocycles. The van der Waals surface area contributed by atoms with Crippen molar-refractivity contribution in [3.8, 4) is 0 Å². The zero-order chi connectivity index (χ0) is 19.4. The van der Waals surface area contributed by atoms with E-state index in [1.807, 2.05) is 0 Å². The van der Waals surface area contributed by atoms with Crippen molar-refractivity contribution in [1.82, 2.24) is 4.40 Å². The molecule has 138 valence electrons. The van der Waals surface area contributed by atoms with E-state index in [2.05, 4.69) is 0 Å². The summed E-state index contributed by atoms with van der Waals surface area (Å²) in [4.78, 5) is 48.7. The molecule has 2 aromatic heterocycles. The second kappa shape index (κ2) is 7.68. The van der Waals surface area contributed by atoms with Crippen LogP contribution in [0.25, 0.3) is 5.52 Å². The van der Waals surface area contributed by atoms with E-state index in [9.17, 15) is 19.2 Å². The Hall–Kier alpha value is -3.36. The first-order chi connectivity index (χ1) is 12.4. The molecular weight excluding hydrogens is 346 g/mol. The molecule has 2 aromatic rings. The number of carbonyl (C=O) groups excluding carboxylic acids is 4. The largest absolute Gasteiger partial charge is 0.465 e. The van der Waals surface area contributed by atoms with Gasteiger partial charge >= 0.3 is 23.9 Å². The lowest BCUT2D eigenvalue weighted by Crippen LogP contribution is -2.15. The first-order valence-electron chi connectivity index (χ1n) is 7.51. The monoisotopic (exact) mass is 363 g/mol. The van der Waals surface area contributed by atoms with Crippen LogP contribution in [0, 0.1) is 0 Å². The predicted molar refractivity (Wildman–Crippen MR) is 87.4 cm³/mol.